The summed E-state index contributed by atoms with van der Waals surface area (Å²) in [5.74, 6) is -0.117. The molecule has 2 heterocycles. The summed E-state index contributed by atoms with van der Waals surface area (Å²) >= 11 is 0. The van der Waals surface area contributed by atoms with Crippen molar-refractivity contribution < 1.29 is 14.6 Å². The van der Waals surface area contributed by atoms with Crippen LogP contribution in [-0.2, 0) is 9.53 Å². The number of carbonyl (C=O) groups is 1. The lowest BCUT2D eigenvalue weighted by atomic mass is 9.98. The van der Waals surface area contributed by atoms with E-state index in [4.69, 9.17) is 4.74 Å². The van der Waals surface area contributed by atoms with E-state index in [9.17, 15) is 9.90 Å². The molecule has 3 rings (SSSR count). The molecule has 1 amide bonds. The van der Waals surface area contributed by atoms with Crippen molar-refractivity contribution in [3.63, 3.8) is 0 Å². The molecule has 0 unspecified atom stereocenters. The van der Waals surface area contributed by atoms with Gasteiger partial charge in [0.25, 0.3) is 0 Å². The average molecular weight is 245 g/mol. The van der Waals surface area contributed by atoms with Gasteiger partial charge in [0.1, 0.15) is 6.10 Å². The Kier molecular flexibility index (Phi) is 2.50. The molecule has 4 heteroatoms. The molecule has 1 aromatic rings. The van der Waals surface area contributed by atoms with Crippen LogP contribution in [0.3, 0.4) is 0 Å². The van der Waals surface area contributed by atoms with Gasteiger partial charge in [0.15, 0.2) is 5.72 Å². The summed E-state index contributed by atoms with van der Waals surface area (Å²) in [5.41, 5.74) is 0.0730. The highest BCUT2D eigenvalue weighted by molar-refractivity contribution is 5.90. The lowest BCUT2D eigenvalue weighted by molar-refractivity contribution is -0.163. The molecule has 0 bridgehead atoms. The number of amides is 1. The molecule has 18 heavy (non-hydrogen) atoms. The van der Waals surface area contributed by atoms with Crippen LogP contribution in [0.4, 0.5) is 0 Å². The number of hydrogen-bond donors (Lipinski definition) is 1. The Morgan fingerprint density at radius 3 is 2.83 bits per heavy atom. The van der Waals surface area contributed by atoms with Crippen LogP contribution >= 0.6 is 0 Å². The highest BCUT2D eigenvalue weighted by atomic mass is 16.5. The molecule has 0 aromatic heterocycles. The minimum absolute atomic E-state index is 0.117. The third-order valence-corrected chi connectivity index (χ3v) is 3.72. The Morgan fingerprint density at radius 1 is 1.39 bits per heavy atom. The number of rotatable bonds is 1. The van der Waals surface area contributed by atoms with Gasteiger partial charge in [0.05, 0.1) is 12.6 Å². The summed E-state index contributed by atoms with van der Waals surface area (Å²) in [7, 11) is 0. The van der Waals surface area contributed by atoms with Gasteiger partial charge >= 0.3 is 0 Å². The summed E-state index contributed by atoms with van der Waals surface area (Å²) in [6.07, 6.45) is 2.12. The van der Waals surface area contributed by atoms with Crippen molar-refractivity contribution in [2.45, 2.75) is 24.8 Å². The van der Waals surface area contributed by atoms with Gasteiger partial charge in [0, 0.05) is 6.08 Å². The van der Waals surface area contributed by atoms with Crippen molar-refractivity contribution in [2.24, 2.45) is 0 Å². The van der Waals surface area contributed by atoms with Crippen LogP contribution < -0.4 is 0 Å². The fourth-order valence-electron chi connectivity index (χ4n) is 2.65. The maximum atomic E-state index is 12.1. The first kappa shape index (κ1) is 11.4. The van der Waals surface area contributed by atoms with E-state index in [2.05, 4.69) is 0 Å². The quantitative estimate of drug-likeness (QED) is 0.809. The number of nitrogens with zero attached hydrogens (tertiary/aromatic N) is 1. The topological polar surface area (TPSA) is 49.8 Å². The number of hydrogen-bond acceptors (Lipinski definition) is 3. The molecule has 94 valence electrons. The minimum atomic E-state index is -0.952. The van der Waals surface area contributed by atoms with Gasteiger partial charge in [-0.15, -0.1) is 0 Å². The second-order valence-corrected chi connectivity index (χ2v) is 4.80. The van der Waals surface area contributed by atoms with E-state index >= 15 is 0 Å². The highest BCUT2D eigenvalue weighted by Gasteiger charge is 2.52. The predicted molar refractivity (Wildman–Crippen MR) is 65.5 cm³/mol. The van der Waals surface area contributed by atoms with Crippen LogP contribution in [0, 0.1) is 0 Å². The molecular weight excluding hydrogens is 230 g/mol. The first-order valence-electron chi connectivity index (χ1n) is 6.01. The van der Waals surface area contributed by atoms with E-state index in [0.29, 0.717) is 6.61 Å². The number of benzene rings is 1. The molecule has 0 aliphatic carbocycles. The fourth-order valence-corrected chi connectivity index (χ4v) is 2.65. The molecular formula is C14H15NO3. The number of aliphatic hydroxyl groups excluding tert-OH is 1. The summed E-state index contributed by atoms with van der Waals surface area (Å²) < 4.78 is 5.70. The fraction of sp³-hybridized carbons (Fsp3) is 0.357. The minimum Gasteiger partial charge on any atom is -0.384 e. The SMILES string of the molecule is C[C@]12OC[C@H](c3ccccc3)N1C(=O)C=C[C@H]2O. The van der Waals surface area contributed by atoms with E-state index in [0.717, 1.165) is 5.56 Å². The average Bonchev–Trinajstić information content (AvgIpc) is 2.75. The van der Waals surface area contributed by atoms with Gasteiger partial charge in [-0.1, -0.05) is 30.3 Å². The van der Waals surface area contributed by atoms with Gasteiger partial charge in [-0.3, -0.25) is 9.69 Å². The van der Waals surface area contributed by atoms with Gasteiger partial charge in [-0.05, 0) is 18.6 Å². The van der Waals surface area contributed by atoms with Crippen molar-refractivity contribution in [2.75, 3.05) is 6.61 Å². The van der Waals surface area contributed by atoms with E-state index < -0.39 is 11.8 Å². The molecule has 0 radical (unpaired) electrons. The molecule has 3 atom stereocenters. The van der Waals surface area contributed by atoms with Crippen LogP contribution in [-0.4, -0.2) is 34.3 Å². The second kappa shape index (κ2) is 3.93. The van der Waals surface area contributed by atoms with Crippen LogP contribution in [0.15, 0.2) is 42.5 Å². The Bertz CT molecular complexity index is 499. The lowest BCUT2D eigenvalue weighted by Crippen LogP contribution is -2.55. The number of carbonyl (C=O) groups excluding carboxylic acids is 1. The lowest BCUT2D eigenvalue weighted by Gasteiger charge is -2.40. The van der Waals surface area contributed by atoms with Crippen molar-refractivity contribution >= 4 is 5.91 Å². The van der Waals surface area contributed by atoms with Gasteiger partial charge < -0.3 is 9.84 Å². The standard InChI is InChI=1S/C14H15NO3/c1-14-12(16)7-8-13(17)15(14)11(9-18-14)10-5-3-2-4-6-10/h2-8,11-12,16H,9H2,1H3/t11-,12-,14-/m1/s1. The maximum absolute atomic E-state index is 12.1. The summed E-state index contributed by atoms with van der Waals surface area (Å²) in [6, 6.07) is 9.61. The first-order chi connectivity index (χ1) is 8.63. The van der Waals surface area contributed by atoms with Gasteiger partial charge in [-0.2, -0.15) is 0 Å². The summed E-state index contributed by atoms with van der Waals surface area (Å²) in [5, 5.41) is 10.0. The zero-order chi connectivity index (χ0) is 12.8. The number of ether oxygens (including phenoxy) is 1. The zero-order valence-corrected chi connectivity index (χ0v) is 10.1. The third-order valence-electron chi connectivity index (χ3n) is 3.72. The second-order valence-electron chi connectivity index (χ2n) is 4.80. The molecule has 0 saturated carbocycles. The maximum Gasteiger partial charge on any atom is 0.249 e. The monoisotopic (exact) mass is 245 g/mol. The molecule has 1 saturated heterocycles. The van der Waals surface area contributed by atoms with Crippen molar-refractivity contribution in [3.05, 3.63) is 48.0 Å². The van der Waals surface area contributed by atoms with E-state index in [1.807, 2.05) is 30.3 Å². The van der Waals surface area contributed by atoms with Crippen LogP contribution in [0.1, 0.15) is 18.5 Å². The molecule has 2 aliphatic heterocycles. The molecule has 1 N–H and O–H groups in total. The summed E-state index contributed by atoms with van der Waals surface area (Å²) in [4.78, 5) is 13.7. The third kappa shape index (κ3) is 1.50. The van der Waals surface area contributed by atoms with E-state index in [-0.39, 0.29) is 11.9 Å². The van der Waals surface area contributed by atoms with Gasteiger partial charge in [-0.25, -0.2) is 0 Å². The predicted octanol–water partition coefficient (Wildman–Crippen LogP) is 1.23. The first-order valence-corrected chi connectivity index (χ1v) is 6.01. The molecule has 1 fully saturated rings. The Morgan fingerprint density at radius 2 is 2.11 bits per heavy atom. The summed E-state index contributed by atoms with van der Waals surface area (Å²) in [6.45, 7) is 2.16. The van der Waals surface area contributed by atoms with Crippen LogP contribution in [0.25, 0.3) is 0 Å². The molecule has 0 spiro atoms. The Balaban J connectivity index is 2.01. The number of aliphatic hydroxyl groups is 1. The Labute approximate surface area is 105 Å². The van der Waals surface area contributed by atoms with Crippen LogP contribution in [0.5, 0.6) is 0 Å². The van der Waals surface area contributed by atoms with Crippen molar-refractivity contribution in [3.8, 4) is 0 Å². The van der Waals surface area contributed by atoms with E-state index in [1.54, 1.807) is 11.8 Å². The normalized spacial score (nSPS) is 34.8. The van der Waals surface area contributed by atoms with Crippen molar-refractivity contribution in [1.82, 2.24) is 4.90 Å². The Hall–Kier alpha value is -1.65. The molecule has 4 nitrogen and oxygen atoms in total. The smallest absolute Gasteiger partial charge is 0.249 e. The largest absolute Gasteiger partial charge is 0.384 e. The van der Waals surface area contributed by atoms with Crippen molar-refractivity contribution in [1.29, 1.82) is 0 Å². The number of fused-ring (bicyclic) bond motifs is 1. The molecule has 1 aromatic carbocycles. The van der Waals surface area contributed by atoms with Gasteiger partial charge in [0.2, 0.25) is 5.91 Å². The zero-order valence-electron chi connectivity index (χ0n) is 10.1. The highest BCUT2D eigenvalue weighted by Crippen LogP contribution is 2.41. The molecule has 2 aliphatic rings. The van der Waals surface area contributed by atoms with Crippen LogP contribution in [0.2, 0.25) is 0 Å². The van der Waals surface area contributed by atoms with E-state index in [1.165, 1.54) is 12.2 Å².